The van der Waals surface area contributed by atoms with E-state index in [9.17, 15) is 4.79 Å². The second kappa shape index (κ2) is 7.70. The summed E-state index contributed by atoms with van der Waals surface area (Å²) in [6, 6.07) is 0. The van der Waals surface area contributed by atoms with E-state index in [-0.39, 0.29) is 11.3 Å². The number of hydrogen-bond donors (Lipinski definition) is 1. The Labute approximate surface area is 123 Å². The van der Waals surface area contributed by atoms with Crippen LogP contribution >= 0.6 is 23.1 Å². The van der Waals surface area contributed by atoms with Crippen molar-refractivity contribution in [1.82, 2.24) is 10.3 Å². The van der Waals surface area contributed by atoms with Crippen molar-refractivity contribution in [3.63, 3.8) is 0 Å². The van der Waals surface area contributed by atoms with Crippen molar-refractivity contribution in [1.29, 1.82) is 0 Å². The number of carbonyl (C=O) groups excluding carboxylic acids is 1. The van der Waals surface area contributed by atoms with E-state index in [1.54, 1.807) is 18.0 Å². The van der Waals surface area contributed by atoms with Gasteiger partial charge in [0.2, 0.25) is 0 Å². The number of thiazole rings is 1. The van der Waals surface area contributed by atoms with Crippen molar-refractivity contribution in [3.8, 4) is 0 Å². The predicted molar refractivity (Wildman–Crippen MR) is 84.1 cm³/mol. The summed E-state index contributed by atoms with van der Waals surface area (Å²) in [7, 11) is 0. The van der Waals surface area contributed by atoms with Crippen molar-refractivity contribution in [2.24, 2.45) is 5.41 Å². The third-order valence-corrected chi connectivity index (χ3v) is 4.23. The van der Waals surface area contributed by atoms with Gasteiger partial charge in [0.05, 0.1) is 6.20 Å². The fourth-order valence-corrected chi connectivity index (χ4v) is 3.14. The summed E-state index contributed by atoms with van der Waals surface area (Å²) < 4.78 is 0.959. The Balaban J connectivity index is 2.33. The van der Waals surface area contributed by atoms with E-state index in [0.717, 1.165) is 16.5 Å². The van der Waals surface area contributed by atoms with Crippen LogP contribution in [0.25, 0.3) is 0 Å². The maximum atomic E-state index is 11.8. The highest BCUT2D eigenvalue weighted by Crippen LogP contribution is 2.23. The SMILES string of the molecule is CCSc1ncc(C(=O)NCC/C=C/C(C)(C)C)s1. The molecule has 0 atom stereocenters. The topological polar surface area (TPSA) is 42.0 Å². The van der Waals surface area contributed by atoms with E-state index in [0.29, 0.717) is 11.4 Å². The minimum absolute atomic E-state index is 0.0235. The Morgan fingerprint density at radius 3 is 2.89 bits per heavy atom. The summed E-state index contributed by atoms with van der Waals surface area (Å²) >= 11 is 3.12. The number of rotatable bonds is 6. The summed E-state index contributed by atoms with van der Waals surface area (Å²) in [6.45, 7) is 9.22. The van der Waals surface area contributed by atoms with E-state index in [1.165, 1.54) is 11.3 Å². The Kier molecular flexibility index (Phi) is 6.58. The van der Waals surface area contributed by atoms with Gasteiger partial charge in [-0.2, -0.15) is 0 Å². The highest BCUT2D eigenvalue weighted by molar-refractivity contribution is 8.01. The second-order valence-corrected chi connectivity index (χ2v) is 7.78. The van der Waals surface area contributed by atoms with Gasteiger partial charge in [0, 0.05) is 6.54 Å². The zero-order valence-electron chi connectivity index (χ0n) is 12.0. The van der Waals surface area contributed by atoms with E-state index >= 15 is 0 Å². The number of amides is 1. The Bertz CT molecular complexity index is 433. The van der Waals surface area contributed by atoms with Crippen LogP contribution in [-0.2, 0) is 0 Å². The van der Waals surface area contributed by atoms with Crippen LogP contribution in [0, 0.1) is 5.41 Å². The fraction of sp³-hybridized carbons (Fsp3) is 0.571. The van der Waals surface area contributed by atoms with Gasteiger partial charge in [-0.25, -0.2) is 4.98 Å². The average Bonchev–Trinajstić information content (AvgIpc) is 2.76. The number of thioether (sulfide) groups is 1. The molecule has 1 aromatic heterocycles. The normalized spacial score (nSPS) is 12.0. The molecule has 5 heteroatoms. The molecule has 19 heavy (non-hydrogen) atoms. The summed E-state index contributed by atoms with van der Waals surface area (Å²) in [4.78, 5) is 16.7. The predicted octanol–water partition coefficient (Wildman–Crippen LogP) is 3.98. The molecular weight excluding hydrogens is 276 g/mol. The van der Waals surface area contributed by atoms with Crippen molar-refractivity contribution in [2.75, 3.05) is 12.3 Å². The number of nitrogens with one attached hydrogen (secondary N) is 1. The molecule has 1 rings (SSSR count). The Morgan fingerprint density at radius 1 is 1.53 bits per heavy atom. The van der Waals surface area contributed by atoms with Crippen LogP contribution in [0.4, 0.5) is 0 Å². The average molecular weight is 298 g/mol. The van der Waals surface area contributed by atoms with Crippen LogP contribution < -0.4 is 5.32 Å². The molecule has 0 fully saturated rings. The molecule has 106 valence electrons. The largest absolute Gasteiger partial charge is 0.351 e. The summed E-state index contributed by atoms with van der Waals surface area (Å²) in [5.41, 5.74) is 0.202. The molecule has 1 N–H and O–H groups in total. The standard InChI is InChI=1S/C14H22N2OS2/c1-5-18-13-16-10-11(19-13)12(17)15-9-7-6-8-14(2,3)4/h6,8,10H,5,7,9H2,1-4H3,(H,15,17)/b8-6+. The van der Waals surface area contributed by atoms with Crippen LogP contribution in [0.2, 0.25) is 0 Å². The minimum atomic E-state index is -0.0235. The molecule has 1 heterocycles. The molecule has 0 aliphatic rings. The molecule has 0 aliphatic heterocycles. The number of hydrogen-bond acceptors (Lipinski definition) is 4. The summed E-state index contributed by atoms with van der Waals surface area (Å²) in [5, 5.41) is 2.91. The van der Waals surface area contributed by atoms with Gasteiger partial charge in [-0.1, -0.05) is 51.6 Å². The monoisotopic (exact) mass is 298 g/mol. The fourth-order valence-electron chi connectivity index (χ4n) is 1.35. The van der Waals surface area contributed by atoms with Gasteiger partial charge in [-0.3, -0.25) is 4.79 Å². The van der Waals surface area contributed by atoms with E-state index in [2.05, 4.69) is 50.1 Å². The molecule has 0 aromatic carbocycles. The van der Waals surface area contributed by atoms with Crippen LogP contribution in [0.15, 0.2) is 22.7 Å². The van der Waals surface area contributed by atoms with E-state index in [4.69, 9.17) is 0 Å². The van der Waals surface area contributed by atoms with Crippen molar-refractivity contribution >= 4 is 29.0 Å². The lowest BCUT2D eigenvalue weighted by Gasteiger charge is -2.10. The first-order valence-corrected chi connectivity index (χ1v) is 8.27. The number of aromatic nitrogens is 1. The quantitative estimate of drug-likeness (QED) is 0.491. The molecular formula is C14H22N2OS2. The molecule has 0 aliphatic carbocycles. The van der Waals surface area contributed by atoms with Gasteiger partial charge in [-0.05, 0) is 17.6 Å². The van der Waals surface area contributed by atoms with Crippen LogP contribution in [0.5, 0.6) is 0 Å². The molecule has 0 bridgehead atoms. The van der Waals surface area contributed by atoms with Gasteiger partial charge < -0.3 is 5.32 Å². The summed E-state index contributed by atoms with van der Waals surface area (Å²) in [6.07, 6.45) is 6.80. The van der Waals surface area contributed by atoms with Gasteiger partial charge in [-0.15, -0.1) is 11.3 Å². The lowest BCUT2D eigenvalue weighted by Crippen LogP contribution is -2.23. The third kappa shape index (κ3) is 6.78. The van der Waals surface area contributed by atoms with Gasteiger partial charge >= 0.3 is 0 Å². The highest BCUT2D eigenvalue weighted by Gasteiger charge is 2.09. The van der Waals surface area contributed by atoms with Crippen molar-refractivity contribution < 1.29 is 4.79 Å². The first-order chi connectivity index (χ1) is 8.92. The summed E-state index contributed by atoms with van der Waals surface area (Å²) in [5.74, 6) is 0.955. The lowest BCUT2D eigenvalue weighted by atomic mass is 9.96. The zero-order valence-corrected chi connectivity index (χ0v) is 13.7. The molecule has 0 saturated heterocycles. The molecule has 3 nitrogen and oxygen atoms in total. The van der Waals surface area contributed by atoms with Crippen LogP contribution in [0.1, 0.15) is 43.8 Å². The first-order valence-electron chi connectivity index (χ1n) is 6.47. The smallest absolute Gasteiger partial charge is 0.263 e. The lowest BCUT2D eigenvalue weighted by molar-refractivity contribution is 0.0958. The molecule has 1 amide bonds. The van der Waals surface area contributed by atoms with E-state index < -0.39 is 0 Å². The third-order valence-electron chi connectivity index (χ3n) is 2.19. The van der Waals surface area contributed by atoms with E-state index in [1.807, 2.05) is 0 Å². The van der Waals surface area contributed by atoms with Gasteiger partial charge in [0.1, 0.15) is 4.88 Å². The maximum Gasteiger partial charge on any atom is 0.263 e. The first kappa shape index (κ1) is 16.2. The maximum absolute atomic E-state index is 11.8. The molecule has 0 unspecified atom stereocenters. The number of nitrogens with zero attached hydrogens (tertiary/aromatic N) is 1. The number of carbonyl (C=O) groups is 1. The zero-order chi connectivity index (χ0) is 14.3. The Morgan fingerprint density at radius 2 is 2.26 bits per heavy atom. The van der Waals surface area contributed by atoms with Gasteiger partial charge in [0.25, 0.3) is 5.91 Å². The molecule has 0 saturated carbocycles. The second-order valence-electron chi connectivity index (χ2n) is 5.24. The number of allylic oxidation sites excluding steroid dienone is 1. The minimum Gasteiger partial charge on any atom is -0.351 e. The van der Waals surface area contributed by atoms with Crippen LogP contribution in [-0.4, -0.2) is 23.2 Å². The molecule has 0 spiro atoms. The van der Waals surface area contributed by atoms with Gasteiger partial charge in [0.15, 0.2) is 4.34 Å². The van der Waals surface area contributed by atoms with Crippen molar-refractivity contribution in [2.45, 2.75) is 38.5 Å². The molecule has 1 aromatic rings. The van der Waals surface area contributed by atoms with Crippen molar-refractivity contribution in [3.05, 3.63) is 23.2 Å². The Hall–Kier alpha value is -0.810. The highest BCUT2D eigenvalue weighted by atomic mass is 32.2. The van der Waals surface area contributed by atoms with Crippen LogP contribution in [0.3, 0.4) is 0 Å². The molecule has 0 radical (unpaired) electrons.